The molecule has 0 radical (unpaired) electrons. The number of nitrogens with one attached hydrogen (secondary N) is 1. The second-order valence-electron chi connectivity index (χ2n) is 9.42. The van der Waals surface area contributed by atoms with Crippen molar-refractivity contribution >= 4 is 23.5 Å². The molecular weight excluding hydrogens is 458 g/mol. The van der Waals surface area contributed by atoms with Gasteiger partial charge in [-0.25, -0.2) is 9.97 Å². The van der Waals surface area contributed by atoms with Crippen molar-refractivity contribution in [1.82, 2.24) is 20.2 Å². The van der Waals surface area contributed by atoms with E-state index in [0.29, 0.717) is 24.5 Å². The first-order chi connectivity index (χ1) is 16.9. The van der Waals surface area contributed by atoms with Gasteiger partial charge in [0.15, 0.2) is 0 Å². The Bertz CT molecular complexity index is 1150. The second kappa shape index (κ2) is 11.6. The van der Waals surface area contributed by atoms with Gasteiger partial charge in [-0.15, -0.1) is 0 Å². The first-order valence-corrected chi connectivity index (χ1v) is 12.7. The lowest BCUT2D eigenvalue weighted by atomic mass is 10.0. The summed E-state index contributed by atoms with van der Waals surface area (Å²) in [4.78, 5) is 27.0. The van der Waals surface area contributed by atoms with Gasteiger partial charge < -0.3 is 15.1 Å². The molecule has 1 fully saturated rings. The minimum absolute atomic E-state index is 0.117. The maximum atomic E-state index is 13.0. The SMILES string of the molecule is Cc1ccccc1CCc1nc(N2CCCC2c2ccc(Cl)cc2)ncc1C(=O)NCCN(C)C. The Hall–Kier alpha value is -2.96. The Balaban J connectivity index is 1.60. The standard InChI is InChI=1S/C28H34ClN5O/c1-20-7-4-5-8-21(20)12-15-25-24(27(35)30-16-18-33(2)3)19-31-28(32-25)34-17-6-9-26(34)22-10-13-23(29)14-11-22/h4-5,7-8,10-11,13-14,19,26H,6,9,12,15-18H2,1-3H3,(H,30,35). The van der Waals surface area contributed by atoms with E-state index in [1.165, 1.54) is 16.7 Å². The van der Waals surface area contributed by atoms with E-state index in [1.807, 2.05) is 31.1 Å². The third-order valence-corrected chi connectivity index (χ3v) is 6.85. The zero-order valence-corrected chi connectivity index (χ0v) is 21.6. The van der Waals surface area contributed by atoms with Crippen molar-refractivity contribution in [2.24, 2.45) is 0 Å². The van der Waals surface area contributed by atoms with Crippen LogP contribution in [0, 0.1) is 6.92 Å². The van der Waals surface area contributed by atoms with E-state index in [2.05, 4.69) is 58.5 Å². The number of likely N-dealkylation sites (N-methyl/N-ethyl adjacent to an activating group) is 1. The molecule has 0 bridgehead atoms. The van der Waals surface area contributed by atoms with Gasteiger partial charge in [0, 0.05) is 30.9 Å². The first-order valence-electron chi connectivity index (χ1n) is 12.3. The van der Waals surface area contributed by atoms with Gasteiger partial charge in [-0.05, 0) is 75.5 Å². The molecule has 1 aliphatic rings. The van der Waals surface area contributed by atoms with Gasteiger partial charge >= 0.3 is 0 Å². The van der Waals surface area contributed by atoms with E-state index in [0.717, 1.165) is 43.1 Å². The van der Waals surface area contributed by atoms with E-state index in [4.69, 9.17) is 16.6 Å². The largest absolute Gasteiger partial charge is 0.351 e. The lowest BCUT2D eigenvalue weighted by Gasteiger charge is -2.26. The van der Waals surface area contributed by atoms with Gasteiger partial charge in [0.25, 0.3) is 5.91 Å². The summed E-state index contributed by atoms with van der Waals surface area (Å²) in [6, 6.07) is 16.6. The highest BCUT2D eigenvalue weighted by Crippen LogP contribution is 2.35. The summed E-state index contributed by atoms with van der Waals surface area (Å²) in [5, 5.41) is 3.76. The molecule has 4 rings (SSSR count). The van der Waals surface area contributed by atoms with Crippen molar-refractivity contribution in [3.8, 4) is 0 Å². The fraction of sp³-hybridized carbons (Fsp3) is 0.393. The molecule has 1 saturated heterocycles. The maximum Gasteiger partial charge on any atom is 0.254 e. The van der Waals surface area contributed by atoms with Crippen LogP contribution in [0.2, 0.25) is 5.02 Å². The third kappa shape index (κ3) is 6.38. The fourth-order valence-corrected chi connectivity index (χ4v) is 4.72. The topological polar surface area (TPSA) is 61.4 Å². The van der Waals surface area contributed by atoms with E-state index in [9.17, 15) is 4.79 Å². The van der Waals surface area contributed by atoms with Crippen LogP contribution in [-0.4, -0.2) is 54.5 Å². The lowest BCUT2D eigenvalue weighted by molar-refractivity contribution is 0.0949. The van der Waals surface area contributed by atoms with Crippen LogP contribution in [0.1, 0.15) is 51.6 Å². The van der Waals surface area contributed by atoms with Crippen LogP contribution in [0.25, 0.3) is 0 Å². The van der Waals surface area contributed by atoms with Crippen molar-refractivity contribution < 1.29 is 4.79 Å². The molecule has 0 saturated carbocycles. The highest BCUT2D eigenvalue weighted by molar-refractivity contribution is 6.30. The van der Waals surface area contributed by atoms with Gasteiger partial charge in [-0.2, -0.15) is 0 Å². The number of carbonyl (C=O) groups is 1. The summed E-state index contributed by atoms with van der Waals surface area (Å²) < 4.78 is 0. The number of anilines is 1. The zero-order chi connectivity index (χ0) is 24.8. The number of rotatable bonds is 9. The van der Waals surface area contributed by atoms with Crippen LogP contribution in [-0.2, 0) is 12.8 Å². The van der Waals surface area contributed by atoms with Crippen molar-refractivity contribution in [3.63, 3.8) is 0 Å². The fourth-order valence-electron chi connectivity index (χ4n) is 4.59. The average Bonchev–Trinajstić information content (AvgIpc) is 3.33. The van der Waals surface area contributed by atoms with Gasteiger partial charge in [0.05, 0.1) is 17.3 Å². The first kappa shape index (κ1) is 25.1. The van der Waals surface area contributed by atoms with E-state index in [-0.39, 0.29) is 11.9 Å². The summed E-state index contributed by atoms with van der Waals surface area (Å²) in [5.74, 6) is 0.570. The summed E-state index contributed by atoms with van der Waals surface area (Å²) in [6.45, 7) is 4.37. The Morgan fingerprint density at radius 2 is 1.91 bits per heavy atom. The molecule has 1 aliphatic heterocycles. The molecule has 35 heavy (non-hydrogen) atoms. The number of amides is 1. The van der Waals surface area contributed by atoms with Crippen molar-refractivity contribution in [2.45, 2.75) is 38.6 Å². The van der Waals surface area contributed by atoms with Gasteiger partial charge in [0.2, 0.25) is 5.95 Å². The Morgan fingerprint density at radius 1 is 1.14 bits per heavy atom. The molecule has 7 heteroatoms. The molecule has 1 aromatic heterocycles. The summed E-state index contributed by atoms with van der Waals surface area (Å²) in [6.07, 6.45) is 5.31. The van der Waals surface area contributed by atoms with E-state index in [1.54, 1.807) is 6.20 Å². The minimum atomic E-state index is -0.117. The van der Waals surface area contributed by atoms with Crippen LogP contribution in [0.15, 0.2) is 54.7 Å². The van der Waals surface area contributed by atoms with Crippen molar-refractivity contribution in [2.75, 3.05) is 38.6 Å². The number of aromatic nitrogens is 2. The Labute approximate surface area is 213 Å². The van der Waals surface area contributed by atoms with E-state index >= 15 is 0 Å². The number of benzene rings is 2. The number of carbonyl (C=O) groups excluding carboxylic acids is 1. The number of hydrogen-bond donors (Lipinski definition) is 1. The molecule has 184 valence electrons. The van der Waals surface area contributed by atoms with Crippen LogP contribution in [0.4, 0.5) is 5.95 Å². The van der Waals surface area contributed by atoms with Gasteiger partial charge in [-0.3, -0.25) is 4.79 Å². The van der Waals surface area contributed by atoms with Crippen LogP contribution < -0.4 is 10.2 Å². The summed E-state index contributed by atoms with van der Waals surface area (Å²) >= 11 is 6.11. The van der Waals surface area contributed by atoms with E-state index < -0.39 is 0 Å². The molecular formula is C28H34ClN5O. The number of aryl methyl sites for hydroxylation is 3. The average molecular weight is 492 g/mol. The number of halogens is 1. The second-order valence-corrected chi connectivity index (χ2v) is 9.86. The van der Waals surface area contributed by atoms with Gasteiger partial charge in [-0.1, -0.05) is 48.0 Å². The molecule has 1 unspecified atom stereocenters. The monoisotopic (exact) mass is 491 g/mol. The maximum absolute atomic E-state index is 13.0. The summed E-state index contributed by atoms with van der Waals surface area (Å²) in [7, 11) is 3.98. The van der Waals surface area contributed by atoms with Gasteiger partial charge in [0.1, 0.15) is 0 Å². The van der Waals surface area contributed by atoms with Crippen LogP contribution in [0.5, 0.6) is 0 Å². The Morgan fingerprint density at radius 3 is 2.66 bits per heavy atom. The highest BCUT2D eigenvalue weighted by atomic mass is 35.5. The van der Waals surface area contributed by atoms with Crippen LogP contribution in [0.3, 0.4) is 0 Å². The molecule has 0 aliphatic carbocycles. The highest BCUT2D eigenvalue weighted by Gasteiger charge is 2.29. The molecule has 2 aromatic carbocycles. The molecule has 3 aromatic rings. The molecule has 0 spiro atoms. The number of hydrogen-bond acceptors (Lipinski definition) is 5. The predicted molar refractivity (Wildman–Crippen MR) is 142 cm³/mol. The molecule has 2 heterocycles. The van der Waals surface area contributed by atoms with Crippen LogP contribution >= 0.6 is 11.6 Å². The lowest BCUT2D eigenvalue weighted by Crippen LogP contribution is -2.32. The molecule has 1 amide bonds. The zero-order valence-electron chi connectivity index (χ0n) is 20.8. The summed E-state index contributed by atoms with van der Waals surface area (Å²) in [5.41, 5.74) is 5.08. The molecule has 6 nitrogen and oxygen atoms in total. The normalized spacial score (nSPS) is 15.6. The van der Waals surface area contributed by atoms with Crippen molar-refractivity contribution in [3.05, 3.63) is 87.7 Å². The Kier molecular flexibility index (Phi) is 8.37. The predicted octanol–water partition coefficient (Wildman–Crippen LogP) is 4.86. The number of nitrogens with zero attached hydrogens (tertiary/aromatic N) is 4. The smallest absolute Gasteiger partial charge is 0.254 e. The quantitative estimate of drug-likeness (QED) is 0.463. The third-order valence-electron chi connectivity index (χ3n) is 6.60. The minimum Gasteiger partial charge on any atom is -0.351 e. The van der Waals surface area contributed by atoms with Crippen molar-refractivity contribution in [1.29, 1.82) is 0 Å². The molecule has 1 N–H and O–H groups in total. The molecule has 1 atom stereocenters.